The van der Waals surface area contributed by atoms with Gasteiger partial charge in [0, 0.05) is 16.0 Å². The quantitative estimate of drug-likeness (QED) is 0.656. The lowest BCUT2D eigenvalue weighted by atomic mass is 10.1. The monoisotopic (exact) mass is 291 g/mol. The Hall–Kier alpha value is -1.43. The number of nitrogens with zero attached hydrogens (tertiary/aromatic N) is 1. The van der Waals surface area contributed by atoms with Gasteiger partial charge in [-0.2, -0.15) is 0 Å². The summed E-state index contributed by atoms with van der Waals surface area (Å²) in [6.07, 6.45) is 3.67. The van der Waals surface area contributed by atoms with Crippen molar-refractivity contribution in [3.8, 4) is 5.75 Å². The van der Waals surface area contributed by atoms with Gasteiger partial charge in [-0.1, -0.05) is 0 Å². The van der Waals surface area contributed by atoms with Gasteiger partial charge in [0.05, 0.1) is 18.3 Å². The first-order chi connectivity index (χ1) is 9.51. The van der Waals surface area contributed by atoms with Gasteiger partial charge in [-0.05, 0) is 51.0 Å². The lowest BCUT2D eigenvalue weighted by Crippen LogP contribution is -2.28. The normalized spacial score (nSPS) is 12.7. The maximum atomic E-state index is 5.74. The van der Waals surface area contributed by atoms with E-state index < -0.39 is 0 Å². The average molecular weight is 291 g/mol. The third kappa shape index (κ3) is 3.36. The second-order valence-electron chi connectivity index (χ2n) is 5.11. The molecule has 3 N–H and O–H groups in total. The van der Waals surface area contributed by atoms with Crippen molar-refractivity contribution < 1.29 is 4.74 Å². The van der Waals surface area contributed by atoms with E-state index in [2.05, 4.69) is 30.3 Å². The first-order valence-corrected chi connectivity index (χ1v) is 7.47. The highest BCUT2D eigenvalue weighted by atomic mass is 32.1. The molecule has 0 aliphatic carbocycles. The zero-order valence-electron chi connectivity index (χ0n) is 12.3. The Morgan fingerprint density at radius 1 is 1.25 bits per heavy atom. The zero-order chi connectivity index (χ0) is 14.7. The zero-order valence-corrected chi connectivity index (χ0v) is 13.1. The van der Waals surface area contributed by atoms with E-state index in [1.807, 2.05) is 26.1 Å². The lowest BCUT2D eigenvalue weighted by molar-refractivity contribution is 0.241. The van der Waals surface area contributed by atoms with Gasteiger partial charge in [0.1, 0.15) is 5.75 Å². The minimum atomic E-state index is -0.0596. The molecule has 0 aliphatic rings. The molecule has 2 aromatic heterocycles. The first kappa shape index (κ1) is 15.0. The average Bonchev–Trinajstić information content (AvgIpc) is 2.70. The molecule has 20 heavy (non-hydrogen) atoms. The molecular weight excluding hydrogens is 270 g/mol. The van der Waals surface area contributed by atoms with E-state index in [4.69, 9.17) is 10.6 Å². The molecule has 0 saturated carbocycles. The Bertz CT molecular complexity index is 561. The van der Waals surface area contributed by atoms with Crippen LogP contribution < -0.4 is 16.0 Å². The molecule has 1 atom stereocenters. The maximum Gasteiger partial charge on any atom is 0.138 e. The summed E-state index contributed by atoms with van der Waals surface area (Å²) in [5.74, 6) is 6.50. The fourth-order valence-corrected chi connectivity index (χ4v) is 3.15. The second kappa shape index (κ2) is 6.35. The fraction of sp³-hybridized carbons (Fsp3) is 0.400. The number of rotatable bonds is 5. The number of pyridine rings is 1. The first-order valence-electron chi connectivity index (χ1n) is 6.66. The SMILES string of the molecule is Cc1cc(C(NN)c2cncc(OC(C)C)c2)sc1C. The van der Waals surface area contributed by atoms with Gasteiger partial charge in [0.2, 0.25) is 0 Å². The van der Waals surface area contributed by atoms with Crippen molar-refractivity contribution in [3.63, 3.8) is 0 Å². The Balaban J connectivity index is 2.31. The second-order valence-corrected chi connectivity index (χ2v) is 6.40. The van der Waals surface area contributed by atoms with Crippen LogP contribution in [-0.4, -0.2) is 11.1 Å². The van der Waals surface area contributed by atoms with Gasteiger partial charge in [-0.15, -0.1) is 11.3 Å². The Kier molecular flexibility index (Phi) is 4.75. The van der Waals surface area contributed by atoms with Crippen LogP contribution in [0, 0.1) is 13.8 Å². The van der Waals surface area contributed by atoms with Crippen molar-refractivity contribution in [1.29, 1.82) is 0 Å². The molecule has 4 nitrogen and oxygen atoms in total. The van der Waals surface area contributed by atoms with Crippen LogP contribution in [0.15, 0.2) is 24.5 Å². The van der Waals surface area contributed by atoms with Crippen LogP contribution in [0.1, 0.15) is 40.8 Å². The van der Waals surface area contributed by atoms with Crippen LogP contribution in [0.4, 0.5) is 0 Å². The minimum Gasteiger partial charge on any atom is -0.489 e. The number of hydrazine groups is 1. The van der Waals surface area contributed by atoms with E-state index in [9.17, 15) is 0 Å². The van der Waals surface area contributed by atoms with Crippen LogP contribution in [-0.2, 0) is 0 Å². The summed E-state index contributed by atoms with van der Waals surface area (Å²) in [5, 5.41) is 0. The van der Waals surface area contributed by atoms with Gasteiger partial charge < -0.3 is 4.74 Å². The largest absolute Gasteiger partial charge is 0.489 e. The van der Waals surface area contributed by atoms with Gasteiger partial charge in [0.15, 0.2) is 0 Å². The molecule has 0 fully saturated rings. The third-order valence-corrected chi connectivity index (χ3v) is 4.29. The summed E-state index contributed by atoms with van der Waals surface area (Å²) in [6, 6.07) is 4.10. The fourth-order valence-electron chi connectivity index (χ4n) is 2.02. The highest BCUT2D eigenvalue weighted by molar-refractivity contribution is 7.12. The van der Waals surface area contributed by atoms with Gasteiger partial charge in [-0.25, -0.2) is 5.43 Å². The molecule has 0 amide bonds. The summed E-state index contributed by atoms with van der Waals surface area (Å²) in [6.45, 7) is 8.22. The number of nitrogens with one attached hydrogen (secondary N) is 1. The van der Waals surface area contributed by atoms with Crippen LogP contribution in [0.2, 0.25) is 0 Å². The minimum absolute atomic E-state index is 0.0596. The van der Waals surface area contributed by atoms with E-state index in [1.54, 1.807) is 17.5 Å². The number of nitrogens with two attached hydrogens (primary N) is 1. The van der Waals surface area contributed by atoms with Gasteiger partial charge >= 0.3 is 0 Å². The van der Waals surface area contributed by atoms with E-state index in [-0.39, 0.29) is 12.1 Å². The van der Waals surface area contributed by atoms with Crippen LogP contribution in [0.25, 0.3) is 0 Å². The van der Waals surface area contributed by atoms with Crippen molar-refractivity contribution in [2.24, 2.45) is 5.84 Å². The summed E-state index contributed by atoms with van der Waals surface area (Å²) in [4.78, 5) is 6.74. The summed E-state index contributed by atoms with van der Waals surface area (Å²) >= 11 is 1.75. The molecule has 0 aromatic carbocycles. The van der Waals surface area contributed by atoms with Gasteiger partial charge in [0.25, 0.3) is 0 Å². The van der Waals surface area contributed by atoms with Crippen LogP contribution in [0.5, 0.6) is 5.75 Å². The summed E-state index contributed by atoms with van der Waals surface area (Å²) in [7, 11) is 0. The number of hydrogen-bond acceptors (Lipinski definition) is 5. The molecule has 108 valence electrons. The third-order valence-electron chi connectivity index (χ3n) is 3.08. The van der Waals surface area contributed by atoms with Crippen LogP contribution >= 0.6 is 11.3 Å². The van der Waals surface area contributed by atoms with E-state index >= 15 is 0 Å². The molecular formula is C15H21N3OS. The van der Waals surface area contributed by atoms with E-state index in [0.29, 0.717) is 0 Å². The van der Waals surface area contributed by atoms with Crippen LogP contribution in [0.3, 0.4) is 0 Å². The van der Waals surface area contributed by atoms with E-state index in [0.717, 1.165) is 11.3 Å². The summed E-state index contributed by atoms with van der Waals surface area (Å²) in [5.41, 5.74) is 5.16. The van der Waals surface area contributed by atoms with Gasteiger partial charge in [-0.3, -0.25) is 10.8 Å². The Morgan fingerprint density at radius 3 is 2.55 bits per heavy atom. The molecule has 0 spiro atoms. The number of thiophene rings is 1. The maximum absolute atomic E-state index is 5.74. The predicted molar refractivity (Wildman–Crippen MR) is 83.0 cm³/mol. The van der Waals surface area contributed by atoms with E-state index in [1.165, 1.54) is 15.3 Å². The summed E-state index contributed by atoms with van der Waals surface area (Å²) < 4.78 is 5.69. The Morgan fingerprint density at radius 2 is 2.00 bits per heavy atom. The van der Waals surface area contributed by atoms with Crippen molar-refractivity contribution >= 4 is 11.3 Å². The number of aryl methyl sites for hydroxylation is 2. The van der Waals surface area contributed by atoms with Crippen molar-refractivity contribution in [2.75, 3.05) is 0 Å². The molecule has 2 aromatic rings. The highest BCUT2D eigenvalue weighted by Crippen LogP contribution is 2.31. The molecule has 0 bridgehead atoms. The molecule has 0 radical (unpaired) electrons. The molecule has 5 heteroatoms. The standard InChI is InChI=1S/C15H21N3OS/c1-9(2)19-13-6-12(7-17-8-13)15(18-16)14-5-10(3)11(4)20-14/h5-9,15,18H,16H2,1-4H3. The molecule has 2 heterocycles. The lowest BCUT2D eigenvalue weighted by Gasteiger charge is -2.16. The Labute approximate surface area is 124 Å². The molecule has 2 rings (SSSR count). The molecule has 0 saturated heterocycles. The topological polar surface area (TPSA) is 60.2 Å². The smallest absolute Gasteiger partial charge is 0.138 e. The number of aromatic nitrogens is 1. The van der Waals surface area contributed by atoms with Crippen molar-refractivity contribution in [2.45, 2.75) is 39.8 Å². The number of hydrogen-bond donors (Lipinski definition) is 2. The predicted octanol–water partition coefficient (Wildman–Crippen LogP) is 3.10. The molecule has 0 aliphatic heterocycles. The van der Waals surface area contributed by atoms with Crippen molar-refractivity contribution in [3.05, 3.63) is 45.4 Å². The molecule has 1 unspecified atom stereocenters. The van der Waals surface area contributed by atoms with Crippen molar-refractivity contribution in [1.82, 2.24) is 10.4 Å². The highest BCUT2D eigenvalue weighted by Gasteiger charge is 2.17. The number of ether oxygens (including phenoxy) is 1.